The molecule has 0 aliphatic carbocycles. The highest BCUT2D eigenvalue weighted by Gasteiger charge is 2.17. The molecule has 4 heteroatoms. The topological polar surface area (TPSA) is 30.9 Å². The third-order valence-corrected chi connectivity index (χ3v) is 4.11. The number of benzene rings is 1. The molecule has 21 heavy (non-hydrogen) atoms. The molecule has 0 bridgehead atoms. The first-order valence-corrected chi connectivity index (χ1v) is 7.83. The molecule has 2 rings (SSSR count). The molecule has 0 spiro atoms. The summed E-state index contributed by atoms with van der Waals surface area (Å²) >= 11 is 0. The summed E-state index contributed by atoms with van der Waals surface area (Å²) in [5, 5.41) is 3.53. The van der Waals surface area contributed by atoms with Crippen LogP contribution in [0.2, 0.25) is 0 Å². The van der Waals surface area contributed by atoms with Crippen LogP contribution in [0.25, 0.3) is 0 Å². The highest BCUT2D eigenvalue weighted by Crippen LogP contribution is 2.14. The van der Waals surface area contributed by atoms with Crippen molar-refractivity contribution >= 4 is 5.96 Å². The van der Waals surface area contributed by atoms with Crippen molar-refractivity contribution in [1.82, 2.24) is 15.1 Å². The van der Waals surface area contributed by atoms with Crippen molar-refractivity contribution < 1.29 is 0 Å². The van der Waals surface area contributed by atoms with Gasteiger partial charge in [0, 0.05) is 33.7 Å². The number of hydrogen-bond acceptors (Lipinski definition) is 2. The maximum Gasteiger partial charge on any atom is 0.193 e. The van der Waals surface area contributed by atoms with Crippen molar-refractivity contribution in [3.63, 3.8) is 0 Å². The van der Waals surface area contributed by atoms with Gasteiger partial charge >= 0.3 is 0 Å². The molecule has 1 atom stereocenters. The van der Waals surface area contributed by atoms with Crippen LogP contribution >= 0.6 is 0 Å². The molecule has 1 aliphatic rings. The third-order valence-electron chi connectivity index (χ3n) is 4.11. The van der Waals surface area contributed by atoms with Gasteiger partial charge in [-0.25, -0.2) is 0 Å². The summed E-state index contributed by atoms with van der Waals surface area (Å²) in [6, 6.07) is 10.5. The van der Waals surface area contributed by atoms with Gasteiger partial charge in [0.05, 0.1) is 0 Å². The molecule has 1 saturated heterocycles. The summed E-state index contributed by atoms with van der Waals surface area (Å²) in [6.07, 6.45) is 2.62. The first-order chi connectivity index (χ1) is 10.2. The van der Waals surface area contributed by atoms with Gasteiger partial charge in [-0.05, 0) is 37.9 Å². The van der Waals surface area contributed by atoms with Crippen LogP contribution < -0.4 is 5.32 Å². The van der Waals surface area contributed by atoms with E-state index in [1.807, 2.05) is 7.05 Å². The molecule has 1 N–H and O–H groups in total. The Balaban J connectivity index is 1.82. The minimum atomic E-state index is 0.727. The van der Waals surface area contributed by atoms with Gasteiger partial charge in [0.2, 0.25) is 0 Å². The average Bonchev–Trinajstić information content (AvgIpc) is 2.49. The van der Waals surface area contributed by atoms with E-state index in [4.69, 9.17) is 0 Å². The van der Waals surface area contributed by atoms with E-state index in [1.54, 1.807) is 0 Å². The highest BCUT2D eigenvalue weighted by molar-refractivity contribution is 5.79. The molecule has 1 aromatic rings. The molecule has 4 nitrogen and oxygen atoms in total. The standard InChI is InChI=1S/C17H28N4/c1-18-17(19-12-16-10-7-11-20(2)13-16)21(3)14-15-8-5-4-6-9-15/h4-6,8-9,16H,7,10-14H2,1-3H3,(H,18,19). The first-order valence-electron chi connectivity index (χ1n) is 7.83. The summed E-state index contributed by atoms with van der Waals surface area (Å²) in [4.78, 5) is 9.01. The SMILES string of the molecule is CN=C(NCC1CCCN(C)C1)N(C)Cc1ccccc1. The number of nitrogens with zero attached hydrogens (tertiary/aromatic N) is 3. The summed E-state index contributed by atoms with van der Waals surface area (Å²) in [5.74, 6) is 1.71. The van der Waals surface area contributed by atoms with Crippen LogP contribution in [0, 0.1) is 5.92 Å². The van der Waals surface area contributed by atoms with Crippen molar-refractivity contribution in [3.05, 3.63) is 35.9 Å². The second-order valence-corrected chi connectivity index (χ2v) is 6.04. The summed E-state index contributed by atoms with van der Waals surface area (Å²) in [5.41, 5.74) is 1.31. The van der Waals surface area contributed by atoms with E-state index in [-0.39, 0.29) is 0 Å². The van der Waals surface area contributed by atoms with E-state index in [1.165, 1.54) is 31.5 Å². The second kappa shape index (κ2) is 8.03. The van der Waals surface area contributed by atoms with Crippen LogP contribution in [0.5, 0.6) is 0 Å². The van der Waals surface area contributed by atoms with Crippen LogP contribution in [-0.2, 0) is 6.54 Å². The van der Waals surface area contributed by atoms with Crippen LogP contribution in [0.1, 0.15) is 18.4 Å². The molecule has 0 amide bonds. The van der Waals surface area contributed by atoms with Gasteiger partial charge in [-0.1, -0.05) is 30.3 Å². The zero-order valence-electron chi connectivity index (χ0n) is 13.5. The molecule has 1 aromatic carbocycles. The van der Waals surface area contributed by atoms with Gasteiger partial charge in [-0.15, -0.1) is 0 Å². The van der Waals surface area contributed by atoms with Crippen LogP contribution in [0.4, 0.5) is 0 Å². The van der Waals surface area contributed by atoms with Gasteiger partial charge in [0.1, 0.15) is 0 Å². The van der Waals surface area contributed by atoms with Crippen molar-refractivity contribution in [2.45, 2.75) is 19.4 Å². The Morgan fingerprint density at radius 1 is 1.38 bits per heavy atom. The minimum absolute atomic E-state index is 0.727. The average molecular weight is 288 g/mol. The molecular weight excluding hydrogens is 260 g/mol. The Bertz CT molecular complexity index is 443. The number of rotatable bonds is 4. The van der Waals surface area contributed by atoms with Crippen LogP contribution in [-0.4, -0.2) is 56.5 Å². The number of aliphatic imine (C=N–C) groups is 1. The lowest BCUT2D eigenvalue weighted by Crippen LogP contribution is -2.44. The van der Waals surface area contributed by atoms with E-state index in [0.717, 1.165) is 25.0 Å². The van der Waals surface area contributed by atoms with Gasteiger partial charge in [-0.2, -0.15) is 0 Å². The van der Waals surface area contributed by atoms with Crippen molar-refractivity contribution in [2.24, 2.45) is 10.9 Å². The number of likely N-dealkylation sites (tertiary alicyclic amines) is 1. The first kappa shape index (κ1) is 15.8. The van der Waals surface area contributed by atoms with Gasteiger partial charge in [0.25, 0.3) is 0 Å². The molecule has 0 aromatic heterocycles. The fourth-order valence-corrected chi connectivity index (χ4v) is 2.99. The van der Waals surface area contributed by atoms with E-state index in [9.17, 15) is 0 Å². The molecule has 1 fully saturated rings. The molecule has 0 saturated carbocycles. The van der Waals surface area contributed by atoms with Gasteiger partial charge in [0.15, 0.2) is 5.96 Å². The zero-order chi connectivity index (χ0) is 15.1. The number of hydrogen-bond donors (Lipinski definition) is 1. The van der Waals surface area contributed by atoms with E-state index in [2.05, 4.69) is 64.5 Å². The Morgan fingerprint density at radius 3 is 2.81 bits per heavy atom. The zero-order valence-corrected chi connectivity index (χ0v) is 13.5. The van der Waals surface area contributed by atoms with Gasteiger partial charge in [-0.3, -0.25) is 4.99 Å². The van der Waals surface area contributed by atoms with Crippen molar-refractivity contribution in [3.8, 4) is 0 Å². The quantitative estimate of drug-likeness (QED) is 0.679. The molecule has 1 aliphatic heterocycles. The Morgan fingerprint density at radius 2 is 2.14 bits per heavy atom. The monoisotopic (exact) mass is 288 g/mol. The van der Waals surface area contributed by atoms with E-state index < -0.39 is 0 Å². The largest absolute Gasteiger partial charge is 0.356 e. The third kappa shape index (κ3) is 5.05. The van der Waals surface area contributed by atoms with E-state index >= 15 is 0 Å². The fourth-order valence-electron chi connectivity index (χ4n) is 2.99. The number of nitrogens with one attached hydrogen (secondary N) is 1. The molecule has 116 valence electrons. The molecular formula is C17H28N4. The lowest BCUT2D eigenvalue weighted by atomic mass is 9.98. The predicted molar refractivity (Wildman–Crippen MR) is 89.5 cm³/mol. The Labute approximate surface area is 128 Å². The molecule has 1 unspecified atom stereocenters. The Hall–Kier alpha value is -1.55. The lowest BCUT2D eigenvalue weighted by molar-refractivity contribution is 0.209. The predicted octanol–water partition coefficient (Wildman–Crippen LogP) is 2.04. The highest BCUT2D eigenvalue weighted by atomic mass is 15.3. The van der Waals surface area contributed by atoms with Crippen LogP contribution in [0.15, 0.2) is 35.3 Å². The molecule has 1 heterocycles. The van der Waals surface area contributed by atoms with E-state index in [0.29, 0.717) is 0 Å². The van der Waals surface area contributed by atoms with Crippen molar-refractivity contribution in [2.75, 3.05) is 40.8 Å². The summed E-state index contributed by atoms with van der Waals surface area (Å²) < 4.78 is 0. The lowest BCUT2D eigenvalue weighted by Gasteiger charge is -2.31. The minimum Gasteiger partial charge on any atom is -0.356 e. The van der Waals surface area contributed by atoms with Crippen LogP contribution in [0.3, 0.4) is 0 Å². The Kier molecular flexibility index (Phi) is 6.05. The summed E-state index contributed by atoms with van der Waals surface area (Å²) in [7, 11) is 6.16. The number of piperidine rings is 1. The number of guanidine groups is 1. The normalized spacial score (nSPS) is 20.3. The van der Waals surface area contributed by atoms with Crippen molar-refractivity contribution in [1.29, 1.82) is 0 Å². The summed E-state index contributed by atoms with van der Waals surface area (Å²) in [6.45, 7) is 4.31. The van der Waals surface area contributed by atoms with Gasteiger partial charge < -0.3 is 15.1 Å². The maximum atomic E-state index is 4.41. The smallest absolute Gasteiger partial charge is 0.193 e. The second-order valence-electron chi connectivity index (χ2n) is 6.04. The maximum absolute atomic E-state index is 4.41. The molecule has 0 radical (unpaired) electrons. The fraction of sp³-hybridized carbons (Fsp3) is 0.588.